The smallest absolute Gasteiger partial charge is 0.312 e. The van der Waals surface area contributed by atoms with Crippen molar-refractivity contribution < 1.29 is 9.53 Å². The second-order valence-corrected chi connectivity index (χ2v) is 6.81. The Kier molecular flexibility index (Phi) is 1.75. The molecule has 6 unspecified atom stereocenters. The maximum atomic E-state index is 12.3. The molecule has 4 saturated carbocycles. The van der Waals surface area contributed by atoms with Gasteiger partial charge in [0.15, 0.2) is 0 Å². The maximum Gasteiger partial charge on any atom is 0.312 e. The zero-order chi connectivity index (χ0) is 11.8. The normalized spacial score (nSPS) is 57.8. The fraction of sp³-hybridized carbons (Fsp3) is 0.929. The number of rotatable bonds is 2. The van der Waals surface area contributed by atoms with Crippen LogP contribution in [0.5, 0.6) is 0 Å². The van der Waals surface area contributed by atoms with E-state index in [9.17, 15) is 4.79 Å². The third kappa shape index (κ3) is 0.874. The van der Waals surface area contributed by atoms with Gasteiger partial charge >= 0.3 is 5.97 Å². The fourth-order valence-corrected chi connectivity index (χ4v) is 6.34. The first-order valence-electron chi connectivity index (χ1n) is 6.92. The molecule has 6 atom stereocenters. The molecule has 3 nitrogen and oxygen atoms in total. The van der Waals surface area contributed by atoms with Gasteiger partial charge in [-0.1, -0.05) is 0 Å². The molecule has 0 aromatic carbocycles. The predicted molar refractivity (Wildman–Crippen MR) is 63.3 cm³/mol. The van der Waals surface area contributed by atoms with E-state index in [0.717, 1.165) is 24.7 Å². The van der Waals surface area contributed by atoms with Crippen LogP contribution in [0, 0.1) is 28.6 Å². The minimum absolute atomic E-state index is 0.0859. The maximum absolute atomic E-state index is 12.3. The zero-order valence-corrected chi connectivity index (χ0v) is 10.7. The van der Waals surface area contributed by atoms with E-state index in [-0.39, 0.29) is 11.4 Å². The number of esters is 1. The second-order valence-electron chi connectivity index (χ2n) is 6.81. The number of ether oxygens (including phenoxy) is 1. The van der Waals surface area contributed by atoms with Crippen molar-refractivity contribution in [2.24, 2.45) is 28.6 Å². The van der Waals surface area contributed by atoms with E-state index in [1.165, 1.54) is 19.3 Å². The van der Waals surface area contributed by atoms with Crippen LogP contribution < -0.4 is 5.32 Å². The van der Waals surface area contributed by atoms with Crippen LogP contribution >= 0.6 is 0 Å². The van der Waals surface area contributed by atoms with Crippen LogP contribution in [0.3, 0.4) is 0 Å². The van der Waals surface area contributed by atoms with Gasteiger partial charge in [-0.15, -0.1) is 0 Å². The Morgan fingerprint density at radius 3 is 2.71 bits per heavy atom. The van der Waals surface area contributed by atoms with E-state index in [2.05, 4.69) is 12.4 Å². The van der Waals surface area contributed by atoms with E-state index >= 15 is 0 Å². The topological polar surface area (TPSA) is 38.3 Å². The summed E-state index contributed by atoms with van der Waals surface area (Å²) in [7, 11) is 3.65. The lowest BCUT2D eigenvalue weighted by molar-refractivity contribution is -0.183. The number of hydrogen-bond donors (Lipinski definition) is 1. The van der Waals surface area contributed by atoms with Gasteiger partial charge in [-0.25, -0.2) is 0 Å². The molecular formula is C14H21NO2. The molecule has 0 aromatic heterocycles. The highest BCUT2D eigenvalue weighted by Crippen LogP contribution is 2.81. The zero-order valence-electron chi connectivity index (χ0n) is 10.7. The van der Waals surface area contributed by atoms with E-state index in [0.29, 0.717) is 17.4 Å². The first-order valence-corrected chi connectivity index (χ1v) is 6.92. The molecule has 0 amide bonds. The second kappa shape index (κ2) is 2.87. The van der Waals surface area contributed by atoms with E-state index in [4.69, 9.17) is 4.74 Å². The Bertz CT molecular complexity index is 392. The Hall–Kier alpha value is -0.570. The van der Waals surface area contributed by atoms with E-state index in [1.54, 1.807) is 7.11 Å². The molecule has 1 N–H and O–H groups in total. The van der Waals surface area contributed by atoms with Gasteiger partial charge in [-0.3, -0.25) is 4.79 Å². The predicted octanol–water partition coefficient (Wildman–Crippen LogP) is 1.57. The summed E-state index contributed by atoms with van der Waals surface area (Å²) in [6.45, 7) is 0. The standard InChI is InChI=1S/C14H21NO2/c1-15-11-8-3-10-7-14(12(16)17-2)6-9(11)5-13(10,14)4-8/h8-11,15H,3-7H2,1-2H3. The lowest BCUT2D eigenvalue weighted by Gasteiger charge is -2.56. The summed E-state index contributed by atoms with van der Waals surface area (Å²) in [5, 5.41) is 3.52. The molecule has 1 spiro atoms. The van der Waals surface area contributed by atoms with Gasteiger partial charge in [-0.05, 0) is 62.3 Å². The number of carbonyl (C=O) groups is 1. The summed E-state index contributed by atoms with van der Waals surface area (Å²) in [5.74, 6) is 2.44. The summed E-state index contributed by atoms with van der Waals surface area (Å²) >= 11 is 0. The summed E-state index contributed by atoms with van der Waals surface area (Å²) in [4.78, 5) is 12.3. The van der Waals surface area contributed by atoms with Gasteiger partial charge in [0.05, 0.1) is 12.5 Å². The monoisotopic (exact) mass is 235 g/mol. The lowest BCUT2D eigenvalue weighted by atomic mass is 9.46. The largest absolute Gasteiger partial charge is 0.469 e. The minimum atomic E-state index is -0.0859. The molecule has 0 radical (unpaired) electrons. The van der Waals surface area contributed by atoms with Crippen LogP contribution in [0.4, 0.5) is 0 Å². The third-order valence-electron chi connectivity index (χ3n) is 6.71. The minimum Gasteiger partial charge on any atom is -0.469 e. The molecule has 0 aromatic rings. The molecular weight excluding hydrogens is 214 g/mol. The van der Waals surface area contributed by atoms with E-state index < -0.39 is 0 Å². The Balaban J connectivity index is 1.78. The van der Waals surface area contributed by atoms with Gasteiger partial charge in [0.1, 0.15) is 0 Å². The van der Waals surface area contributed by atoms with E-state index in [1.807, 2.05) is 0 Å². The van der Waals surface area contributed by atoms with Gasteiger partial charge in [-0.2, -0.15) is 0 Å². The van der Waals surface area contributed by atoms with Crippen LogP contribution in [0.25, 0.3) is 0 Å². The van der Waals surface area contributed by atoms with Crippen molar-refractivity contribution in [1.82, 2.24) is 5.32 Å². The molecule has 94 valence electrons. The van der Waals surface area contributed by atoms with Gasteiger partial charge in [0.25, 0.3) is 0 Å². The number of methoxy groups -OCH3 is 1. The summed E-state index contributed by atoms with van der Waals surface area (Å²) in [5.41, 5.74) is 0.264. The highest BCUT2D eigenvalue weighted by molar-refractivity contribution is 5.80. The van der Waals surface area contributed by atoms with Crippen LogP contribution in [0.2, 0.25) is 0 Å². The highest BCUT2D eigenvalue weighted by Gasteiger charge is 2.79. The molecule has 3 bridgehead atoms. The van der Waals surface area contributed by atoms with Crippen molar-refractivity contribution in [3.05, 3.63) is 0 Å². The van der Waals surface area contributed by atoms with Crippen molar-refractivity contribution in [1.29, 1.82) is 0 Å². The van der Waals surface area contributed by atoms with Crippen LogP contribution in [0.15, 0.2) is 0 Å². The Morgan fingerprint density at radius 2 is 2.00 bits per heavy atom. The van der Waals surface area contributed by atoms with Gasteiger partial charge in [0, 0.05) is 6.04 Å². The number of fused-ring (bicyclic) bond motifs is 2. The lowest BCUT2D eigenvalue weighted by Crippen LogP contribution is -2.57. The number of nitrogens with one attached hydrogen (secondary N) is 1. The molecule has 3 heteroatoms. The molecule has 0 saturated heterocycles. The van der Waals surface area contributed by atoms with Gasteiger partial charge in [0.2, 0.25) is 0 Å². The average molecular weight is 235 g/mol. The van der Waals surface area contributed by atoms with Crippen molar-refractivity contribution in [3.8, 4) is 0 Å². The highest BCUT2D eigenvalue weighted by atomic mass is 16.5. The van der Waals surface area contributed by atoms with Crippen molar-refractivity contribution in [2.75, 3.05) is 14.2 Å². The molecule has 0 aliphatic heterocycles. The van der Waals surface area contributed by atoms with Gasteiger partial charge < -0.3 is 10.1 Å². The van der Waals surface area contributed by atoms with Crippen LogP contribution in [-0.4, -0.2) is 26.2 Å². The van der Waals surface area contributed by atoms with Crippen LogP contribution in [0.1, 0.15) is 32.1 Å². The summed E-state index contributed by atoms with van der Waals surface area (Å²) in [6, 6.07) is 0.653. The van der Waals surface area contributed by atoms with Crippen molar-refractivity contribution in [3.63, 3.8) is 0 Å². The Morgan fingerprint density at radius 1 is 1.24 bits per heavy atom. The Labute approximate surface area is 102 Å². The third-order valence-corrected chi connectivity index (χ3v) is 6.71. The molecule has 17 heavy (non-hydrogen) atoms. The first kappa shape index (κ1) is 10.4. The fourth-order valence-electron chi connectivity index (χ4n) is 6.34. The molecule has 4 aliphatic carbocycles. The quantitative estimate of drug-likeness (QED) is 0.738. The molecule has 0 heterocycles. The molecule has 4 aliphatic rings. The molecule has 4 rings (SSSR count). The average Bonchev–Trinajstić information content (AvgIpc) is 2.68. The molecule has 4 fully saturated rings. The van der Waals surface area contributed by atoms with Crippen molar-refractivity contribution in [2.45, 2.75) is 38.1 Å². The number of carbonyl (C=O) groups excluding carboxylic acids is 1. The van der Waals surface area contributed by atoms with Crippen LogP contribution in [-0.2, 0) is 9.53 Å². The first-order chi connectivity index (χ1) is 8.17. The number of hydrogen-bond acceptors (Lipinski definition) is 3. The SMILES string of the molecule is CNC1C2CC3CC4(C(=O)OC)CC1CC34C2. The summed E-state index contributed by atoms with van der Waals surface area (Å²) < 4.78 is 5.14. The van der Waals surface area contributed by atoms with Crippen molar-refractivity contribution >= 4 is 5.97 Å². The summed E-state index contributed by atoms with van der Waals surface area (Å²) in [6.07, 6.45) is 6.09.